The van der Waals surface area contributed by atoms with Gasteiger partial charge in [-0.1, -0.05) is 30.3 Å². The van der Waals surface area contributed by atoms with E-state index in [1.807, 2.05) is 30.3 Å². The highest BCUT2D eigenvalue weighted by Crippen LogP contribution is 2.62. The smallest absolute Gasteiger partial charge is 0.365 e. The Labute approximate surface area is 158 Å². The van der Waals surface area contributed by atoms with Crippen molar-refractivity contribution in [3.05, 3.63) is 54.5 Å². The summed E-state index contributed by atoms with van der Waals surface area (Å²) in [7, 11) is -3.90. The highest BCUT2D eigenvalue weighted by Gasteiger charge is 2.41. The second kappa shape index (κ2) is 7.90. The molecule has 8 heteroatoms. The third kappa shape index (κ3) is 4.12. The molecule has 0 aliphatic rings. The first-order valence-electron chi connectivity index (χ1n) is 8.85. The van der Waals surface area contributed by atoms with Gasteiger partial charge in [0.2, 0.25) is 5.78 Å². The van der Waals surface area contributed by atoms with E-state index in [9.17, 15) is 9.67 Å². The number of rotatable bonds is 7. The molecule has 7 nitrogen and oxygen atoms in total. The number of nitrogens with zero attached hydrogens (tertiary/aromatic N) is 3. The Morgan fingerprint density at radius 2 is 1.67 bits per heavy atom. The van der Waals surface area contributed by atoms with Gasteiger partial charge in [0.15, 0.2) is 5.85 Å². The van der Waals surface area contributed by atoms with Crippen LogP contribution in [0.3, 0.4) is 0 Å². The molecule has 144 valence electrons. The molecule has 0 aliphatic heterocycles. The minimum atomic E-state index is -3.90. The van der Waals surface area contributed by atoms with E-state index in [1.165, 1.54) is 0 Å². The van der Waals surface area contributed by atoms with Crippen LogP contribution >= 0.6 is 7.60 Å². The predicted octanol–water partition coefficient (Wildman–Crippen LogP) is 4.43. The van der Waals surface area contributed by atoms with Crippen LogP contribution in [0.4, 0.5) is 0 Å². The molecule has 0 radical (unpaired) electrons. The summed E-state index contributed by atoms with van der Waals surface area (Å²) in [5.74, 6) is -1.12. The summed E-state index contributed by atoms with van der Waals surface area (Å²) in [6, 6.07) is 11.1. The van der Waals surface area contributed by atoms with E-state index in [2.05, 4.69) is 9.97 Å². The summed E-state index contributed by atoms with van der Waals surface area (Å²) in [5.41, 5.74) is 1.59. The molecule has 0 saturated heterocycles. The maximum atomic E-state index is 13.5. The van der Waals surface area contributed by atoms with Crippen molar-refractivity contribution in [1.82, 2.24) is 14.4 Å². The van der Waals surface area contributed by atoms with Crippen LogP contribution in [-0.2, 0) is 13.6 Å². The Bertz CT molecular complexity index is 942. The summed E-state index contributed by atoms with van der Waals surface area (Å²) >= 11 is 0. The van der Waals surface area contributed by atoms with Gasteiger partial charge >= 0.3 is 7.60 Å². The molecule has 3 rings (SSSR count). The van der Waals surface area contributed by atoms with Crippen LogP contribution in [0.15, 0.2) is 48.8 Å². The van der Waals surface area contributed by atoms with Crippen LogP contribution < -0.4 is 0 Å². The monoisotopic (exact) mass is 389 g/mol. The van der Waals surface area contributed by atoms with Gasteiger partial charge in [-0.3, -0.25) is 8.97 Å². The number of aliphatic hydroxyl groups excluding tert-OH is 1. The van der Waals surface area contributed by atoms with Gasteiger partial charge in [-0.2, -0.15) is 0 Å². The molecule has 0 amide bonds. The zero-order valence-electron chi connectivity index (χ0n) is 15.8. The van der Waals surface area contributed by atoms with Gasteiger partial charge in [-0.15, -0.1) is 0 Å². The number of aromatic nitrogens is 3. The molecule has 27 heavy (non-hydrogen) atoms. The molecule has 1 unspecified atom stereocenters. The molecule has 0 spiro atoms. The second-order valence-corrected chi connectivity index (χ2v) is 8.71. The fraction of sp³-hybridized carbons (Fsp3) is 0.368. The van der Waals surface area contributed by atoms with E-state index in [-0.39, 0.29) is 12.2 Å². The average Bonchev–Trinajstić information content (AvgIpc) is 2.99. The lowest BCUT2D eigenvalue weighted by atomic mass is 10.1. The Balaban J connectivity index is 2.20. The van der Waals surface area contributed by atoms with Gasteiger partial charge in [0.05, 0.1) is 23.6 Å². The van der Waals surface area contributed by atoms with Crippen molar-refractivity contribution in [2.45, 2.75) is 45.7 Å². The Morgan fingerprint density at radius 1 is 1.04 bits per heavy atom. The van der Waals surface area contributed by atoms with Crippen LogP contribution in [0.25, 0.3) is 17.0 Å². The molecule has 2 heterocycles. The maximum absolute atomic E-state index is 13.5. The van der Waals surface area contributed by atoms with Crippen LogP contribution in [0.5, 0.6) is 0 Å². The molecular formula is C19H24N3O4P. The maximum Gasteiger partial charge on any atom is 0.365 e. The van der Waals surface area contributed by atoms with E-state index in [0.29, 0.717) is 17.2 Å². The van der Waals surface area contributed by atoms with Crippen molar-refractivity contribution in [3.63, 3.8) is 0 Å². The summed E-state index contributed by atoms with van der Waals surface area (Å²) in [4.78, 5) is 8.78. The highest BCUT2D eigenvalue weighted by atomic mass is 31.2. The molecule has 0 saturated carbocycles. The first-order chi connectivity index (χ1) is 12.8. The minimum Gasteiger partial charge on any atom is -0.375 e. The predicted molar refractivity (Wildman–Crippen MR) is 103 cm³/mol. The standard InChI is InChI=1S/C19H24N3O4P/c1-13(2)25-27(24,26-14(3)4)18(23)17-16(15-9-6-5-7-10-15)21-19-20-11-8-12-22(17)19/h5-14,18,23H,1-4H3. The van der Waals surface area contributed by atoms with Gasteiger partial charge in [-0.25, -0.2) is 9.97 Å². The SMILES string of the molecule is CC(C)OP(=O)(OC(C)C)C(O)c1c(-c2ccccc2)nc2ncccn12. The van der Waals surface area contributed by atoms with Crippen molar-refractivity contribution in [2.75, 3.05) is 0 Å². The zero-order valence-corrected chi connectivity index (χ0v) is 16.7. The Hall–Kier alpha value is -2.05. The van der Waals surface area contributed by atoms with Crippen molar-refractivity contribution in [1.29, 1.82) is 0 Å². The lowest BCUT2D eigenvalue weighted by Crippen LogP contribution is -2.15. The molecule has 2 aromatic heterocycles. The molecule has 0 fully saturated rings. The minimum absolute atomic E-state index is 0.328. The molecule has 1 atom stereocenters. The fourth-order valence-electron chi connectivity index (χ4n) is 2.84. The Kier molecular flexibility index (Phi) is 5.77. The lowest BCUT2D eigenvalue weighted by Gasteiger charge is -2.27. The average molecular weight is 389 g/mol. The first kappa shape index (κ1) is 19.7. The summed E-state index contributed by atoms with van der Waals surface area (Å²) in [6.45, 7) is 6.99. The van der Waals surface area contributed by atoms with Gasteiger partial charge in [-0.05, 0) is 33.8 Å². The number of benzene rings is 1. The molecular weight excluding hydrogens is 365 g/mol. The summed E-state index contributed by atoms with van der Waals surface area (Å²) < 4.78 is 26.3. The van der Waals surface area contributed by atoms with Crippen molar-refractivity contribution in [3.8, 4) is 11.3 Å². The van der Waals surface area contributed by atoms with Crippen LogP contribution in [0, 0.1) is 0 Å². The van der Waals surface area contributed by atoms with Crippen LogP contribution in [0.1, 0.15) is 39.2 Å². The molecule has 1 aromatic carbocycles. The van der Waals surface area contributed by atoms with Crippen molar-refractivity contribution in [2.24, 2.45) is 0 Å². The Morgan fingerprint density at radius 3 is 2.26 bits per heavy atom. The van der Waals surface area contributed by atoms with Gasteiger partial charge < -0.3 is 14.2 Å². The summed E-state index contributed by atoms with van der Waals surface area (Å²) in [6.07, 6.45) is 2.56. The molecule has 1 N–H and O–H groups in total. The highest BCUT2D eigenvalue weighted by molar-refractivity contribution is 7.54. The van der Waals surface area contributed by atoms with E-state index in [0.717, 1.165) is 5.56 Å². The lowest BCUT2D eigenvalue weighted by molar-refractivity contribution is 0.0997. The van der Waals surface area contributed by atoms with Gasteiger partial charge in [0.25, 0.3) is 0 Å². The topological polar surface area (TPSA) is 86.0 Å². The largest absolute Gasteiger partial charge is 0.375 e. The fourth-order valence-corrected chi connectivity index (χ4v) is 4.84. The van der Waals surface area contributed by atoms with E-state index in [4.69, 9.17) is 9.05 Å². The van der Waals surface area contributed by atoms with Crippen LogP contribution in [0.2, 0.25) is 0 Å². The second-order valence-electron chi connectivity index (χ2n) is 6.72. The van der Waals surface area contributed by atoms with E-state index >= 15 is 0 Å². The van der Waals surface area contributed by atoms with E-state index < -0.39 is 13.4 Å². The summed E-state index contributed by atoms with van der Waals surface area (Å²) in [5, 5.41) is 11.2. The third-order valence-electron chi connectivity index (χ3n) is 3.75. The van der Waals surface area contributed by atoms with Crippen molar-refractivity contribution >= 4 is 13.4 Å². The quantitative estimate of drug-likeness (QED) is 0.602. The molecule has 0 bridgehead atoms. The third-order valence-corrected chi connectivity index (χ3v) is 6.02. The number of hydrogen-bond donors (Lipinski definition) is 1. The van der Waals surface area contributed by atoms with Gasteiger partial charge in [0.1, 0.15) is 0 Å². The number of aliphatic hydroxyl groups is 1. The zero-order chi connectivity index (χ0) is 19.6. The van der Waals surface area contributed by atoms with Crippen molar-refractivity contribution < 1.29 is 18.7 Å². The molecule has 3 aromatic rings. The van der Waals surface area contributed by atoms with Crippen LogP contribution in [-0.4, -0.2) is 31.7 Å². The first-order valence-corrected chi connectivity index (χ1v) is 10.5. The normalized spacial score (nSPS) is 13.6. The number of hydrogen-bond acceptors (Lipinski definition) is 6. The van der Waals surface area contributed by atoms with E-state index in [1.54, 1.807) is 50.6 Å². The molecule has 0 aliphatic carbocycles. The number of fused-ring (bicyclic) bond motifs is 1. The number of imidazole rings is 1. The van der Waals surface area contributed by atoms with Gasteiger partial charge in [0, 0.05) is 18.0 Å².